The molecule has 0 spiro atoms. The molecule has 1 aliphatic heterocycles. The van der Waals surface area contributed by atoms with E-state index in [0.717, 1.165) is 17.7 Å². The van der Waals surface area contributed by atoms with Crippen LogP contribution in [0.5, 0.6) is 0 Å². The van der Waals surface area contributed by atoms with Crippen LogP contribution in [-0.4, -0.2) is 15.8 Å². The van der Waals surface area contributed by atoms with Crippen molar-refractivity contribution in [2.45, 2.75) is 13.0 Å². The van der Waals surface area contributed by atoms with E-state index in [9.17, 15) is 24.1 Å². The summed E-state index contributed by atoms with van der Waals surface area (Å²) in [4.78, 5) is 43.2. The van der Waals surface area contributed by atoms with Crippen LogP contribution in [0.2, 0.25) is 0 Å². The van der Waals surface area contributed by atoms with Gasteiger partial charge in [-0.2, -0.15) is 0 Å². The van der Waals surface area contributed by atoms with Gasteiger partial charge >= 0.3 is 0 Å². The third-order valence-electron chi connectivity index (χ3n) is 5.38. The number of halogens is 1. The van der Waals surface area contributed by atoms with Gasteiger partial charge in [0.2, 0.25) is 5.76 Å². The molecule has 2 aromatic carbocycles. The van der Waals surface area contributed by atoms with E-state index >= 15 is 0 Å². The molecule has 8 nitrogen and oxygen atoms in total. The summed E-state index contributed by atoms with van der Waals surface area (Å²) in [6.07, 6.45) is 1.52. The molecule has 1 aliphatic rings. The average molecular weight is 431 g/mol. The van der Waals surface area contributed by atoms with Crippen LogP contribution < -0.4 is 10.3 Å². The van der Waals surface area contributed by atoms with Crippen molar-refractivity contribution < 1.29 is 18.5 Å². The Morgan fingerprint density at radius 2 is 1.94 bits per heavy atom. The van der Waals surface area contributed by atoms with Crippen molar-refractivity contribution in [3.05, 3.63) is 109 Å². The number of carbonyl (C=O) groups is 1. The lowest BCUT2D eigenvalue weighted by molar-refractivity contribution is -0.384. The number of nitro benzene ring substituents is 1. The van der Waals surface area contributed by atoms with Crippen molar-refractivity contribution in [1.82, 2.24) is 4.98 Å². The van der Waals surface area contributed by atoms with Crippen LogP contribution in [0.25, 0.3) is 11.0 Å². The molecule has 9 heteroatoms. The minimum Gasteiger partial charge on any atom is -0.450 e. The van der Waals surface area contributed by atoms with Crippen molar-refractivity contribution in [2.75, 3.05) is 4.90 Å². The molecule has 0 aliphatic carbocycles. The number of rotatable bonds is 3. The zero-order chi connectivity index (χ0) is 22.6. The zero-order valence-electron chi connectivity index (χ0n) is 16.6. The van der Waals surface area contributed by atoms with Gasteiger partial charge in [-0.3, -0.25) is 24.6 Å². The van der Waals surface area contributed by atoms with Gasteiger partial charge in [0.1, 0.15) is 17.2 Å². The van der Waals surface area contributed by atoms with E-state index in [2.05, 4.69) is 4.98 Å². The maximum absolute atomic E-state index is 13.9. The standard InChI is InChI=1S/C23H14FN3O5/c1-12-7-8-25-18(9-12)26-20(13-3-2-4-15(10-13)27(30)31)19-21(28)16-11-14(24)5-6-17(16)32-22(19)23(26)29/h2-11,20H,1H3. The maximum atomic E-state index is 13.9. The number of hydrogen-bond acceptors (Lipinski definition) is 6. The van der Waals surface area contributed by atoms with Crippen molar-refractivity contribution >= 4 is 28.4 Å². The highest BCUT2D eigenvalue weighted by Gasteiger charge is 2.44. The molecule has 4 aromatic rings. The first-order valence-electron chi connectivity index (χ1n) is 9.62. The Hall–Kier alpha value is -4.40. The number of hydrogen-bond donors (Lipinski definition) is 0. The van der Waals surface area contributed by atoms with Gasteiger partial charge in [0.05, 0.1) is 21.9 Å². The Labute approximate surface area is 179 Å². The fourth-order valence-electron chi connectivity index (χ4n) is 3.96. The van der Waals surface area contributed by atoms with Gasteiger partial charge in [0, 0.05) is 18.3 Å². The van der Waals surface area contributed by atoms with E-state index in [4.69, 9.17) is 4.42 Å². The molecule has 1 unspecified atom stereocenters. The summed E-state index contributed by atoms with van der Waals surface area (Å²) in [6, 6.07) is 11.5. The number of fused-ring (bicyclic) bond motifs is 2. The summed E-state index contributed by atoms with van der Waals surface area (Å²) in [5, 5.41) is 11.3. The lowest BCUT2D eigenvalue weighted by atomic mass is 9.98. The van der Waals surface area contributed by atoms with Crippen LogP contribution in [0.15, 0.2) is 70.0 Å². The topological polar surface area (TPSA) is 107 Å². The van der Waals surface area contributed by atoms with Crippen LogP contribution in [-0.2, 0) is 0 Å². The van der Waals surface area contributed by atoms with Gasteiger partial charge in [-0.05, 0) is 48.4 Å². The molecule has 0 N–H and O–H groups in total. The number of benzene rings is 2. The molecule has 0 saturated heterocycles. The minimum absolute atomic E-state index is 0.0168. The Balaban J connectivity index is 1.83. The van der Waals surface area contributed by atoms with Crippen LogP contribution in [0, 0.1) is 22.9 Å². The molecule has 3 heterocycles. The van der Waals surface area contributed by atoms with Gasteiger partial charge in [0.15, 0.2) is 5.43 Å². The van der Waals surface area contributed by atoms with Crippen LogP contribution >= 0.6 is 0 Å². The first-order chi connectivity index (χ1) is 15.3. The molecule has 1 atom stereocenters. The fraction of sp³-hybridized carbons (Fsp3) is 0.0870. The number of aryl methyl sites for hydroxylation is 1. The third kappa shape index (κ3) is 2.94. The van der Waals surface area contributed by atoms with Crippen molar-refractivity contribution in [2.24, 2.45) is 0 Å². The average Bonchev–Trinajstić information content (AvgIpc) is 3.07. The van der Waals surface area contributed by atoms with Crippen LogP contribution in [0.1, 0.15) is 33.3 Å². The number of aromatic nitrogens is 1. The molecule has 5 rings (SSSR count). The predicted octanol–water partition coefficient (Wildman–Crippen LogP) is 4.29. The van der Waals surface area contributed by atoms with Gasteiger partial charge < -0.3 is 4.42 Å². The SMILES string of the molecule is Cc1ccnc(N2C(=O)c3oc4ccc(F)cc4c(=O)c3C2c2cccc([N+](=O)[O-])c2)c1. The second-order valence-electron chi connectivity index (χ2n) is 7.44. The molecule has 0 bridgehead atoms. The summed E-state index contributed by atoms with van der Waals surface area (Å²) in [5.41, 5.74) is 0.426. The summed E-state index contributed by atoms with van der Waals surface area (Å²) in [7, 11) is 0. The van der Waals surface area contributed by atoms with Crippen molar-refractivity contribution in [1.29, 1.82) is 0 Å². The van der Waals surface area contributed by atoms with E-state index < -0.39 is 28.1 Å². The number of pyridine rings is 1. The van der Waals surface area contributed by atoms with Crippen LogP contribution in [0.4, 0.5) is 15.9 Å². The zero-order valence-corrected chi connectivity index (χ0v) is 16.6. The number of anilines is 1. The largest absolute Gasteiger partial charge is 0.450 e. The molecule has 158 valence electrons. The third-order valence-corrected chi connectivity index (χ3v) is 5.38. The van der Waals surface area contributed by atoms with E-state index in [1.165, 1.54) is 35.4 Å². The lowest BCUT2D eigenvalue weighted by Gasteiger charge is -2.24. The number of carbonyl (C=O) groups excluding carboxylic acids is 1. The first-order valence-corrected chi connectivity index (χ1v) is 9.62. The molecule has 0 fully saturated rings. The van der Waals surface area contributed by atoms with Crippen molar-refractivity contribution in [3.63, 3.8) is 0 Å². The Kier molecular flexibility index (Phi) is 4.33. The van der Waals surface area contributed by atoms with E-state index in [0.29, 0.717) is 5.56 Å². The first kappa shape index (κ1) is 19.6. The highest BCUT2D eigenvalue weighted by Crippen LogP contribution is 2.41. The molecular formula is C23H14FN3O5. The highest BCUT2D eigenvalue weighted by atomic mass is 19.1. The second-order valence-corrected chi connectivity index (χ2v) is 7.44. The molecule has 0 saturated carbocycles. The monoisotopic (exact) mass is 431 g/mol. The number of amides is 1. The van der Waals surface area contributed by atoms with Gasteiger partial charge in [-0.1, -0.05) is 12.1 Å². The molecule has 1 amide bonds. The van der Waals surface area contributed by atoms with Gasteiger partial charge in [-0.15, -0.1) is 0 Å². The van der Waals surface area contributed by atoms with E-state index in [1.54, 1.807) is 18.2 Å². The predicted molar refractivity (Wildman–Crippen MR) is 113 cm³/mol. The second kappa shape index (κ2) is 7.09. The van der Waals surface area contributed by atoms with Crippen LogP contribution in [0.3, 0.4) is 0 Å². The molecule has 2 aromatic heterocycles. The van der Waals surface area contributed by atoms with E-state index in [1.807, 2.05) is 6.92 Å². The molecule has 32 heavy (non-hydrogen) atoms. The smallest absolute Gasteiger partial charge is 0.296 e. The number of non-ortho nitro benzene ring substituents is 1. The highest BCUT2D eigenvalue weighted by molar-refractivity contribution is 6.10. The maximum Gasteiger partial charge on any atom is 0.296 e. The number of nitro groups is 1. The molecular weight excluding hydrogens is 417 g/mol. The molecule has 0 radical (unpaired) electrons. The quantitative estimate of drug-likeness (QED) is 0.354. The minimum atomic E-state index is -1.03. The Bertz CT molecular complexity index is 1500. The van der Waals surface area contributed by atoms with Crippen molar-refractivity contribution in [3.8, 4) is 0 Å². The Morgan fingerprint density at radius 1 is 1.12 bits per heavy atom. The summed E-state index contributed by atoms with van der Waals surface area (Å²) >= 11 is 0. The summed E-state index contributed by atoms with van der Waals surface area (Å²) in [5.74, 6) is -1.18. The fourth-order valence-corrected chi connectivity index (χ4v) is 3.96. The lowest BCUT2D eigenvalue weighted by Crippen LogP contribution is -2.30. The normalized spacial score (nSPS) is 15.2. The summed E-state index contributed by atoms with van der Waals surface area (Å²) < 4.78 is 19.6. The number of nitrogens with zero attached hydrogens (tertiary/aromatic N) is 3. The summed E-state index contributed by atoms with van der Waals surface area (Å²) in [6.45, 7) is 1.82. The van der Waals surface area contributed by atoms with E-state index in [-0.39, 0.29) is 33.8 Å². The van der Waals surface area contributed by atoms with Gasteiger partial charge in [-0.25, -0.2) is 9.37 Å². The van der Waals surface area contributed by atoms with Gasteiger partial charge in [0.25, 0.3) is 11.6 Å². The Morgan fingerprint density at radius 3 is 2.69 bits per heavy atom.